The second-order valence-electron chi connectivity index (χ2n) is 10.5. The third kappa shape index (κ3) is 21.5. The van der Waals surface area contributed by atoms with Crippen molar-refractivity contribution in [1.29, 1.82) is 0 Å². The third-order valence-electron chi connectivity index (χ3n) is 7.10. The van der Waals surface area contributed by atoms with Crippen LogP contribution in [0.5, 0.6) is 0 Å². The summed E-state index contributed by atoms with van der Waals surface area (Å²) in [6, 6.07) is 0. The summed E-state index contributed by atoms with van der Waals surface area (Å²) in [6.45, 7) is 33.9. The molecular formula is C34H66. The third-order valence-corrected chi connectivity index (χ3v) is 7.10. The van der Waals surface area contributed by atoms with Crippen LogP contribution in [0, 0.1) is 17.8 Å². The molecule has 34 heavy (non-hydrogen) atoms. The minimum atomic E-state index is 0.776. The van der Waals surface area contributed by atoms with Crippen LogP contribution in [-0.4, -0.2) is 0 Å². The first kappa shape index (κ1) is 37.5. The van der Waals surface area contributed by atoms with Gasteiger partial charge in [-0.25, -0.2) is 0 Å². The molecule has 0 aromatic carbocycles. The van der Waals surface area contributed by atoms with Crippen molar-refractivity contribution < 1.29 is 0 Å². The zero-order valence-electron chi connectivity index (χ0n) is 26.0. The SMILES string of the molecule is C=C(C)/C(C)=C(C)\C(=C/C)CCC(C)C.C=C(C)CCCC.CC.CCC1CCC(CC)CC1. The van der Waals surface area contributed by atoms with Crippen LogP contribution in [-0.2, 0) is 0 Å². The average molecular weight is 475 g/mol. The highest BCUT2D eigenvalue weighted by Gasteiger charge is 2.17. The molecule has 0 aliphatic heterocycles. The molecule has 0 heterocycles. The van der Waals surface area contributed by atoms with Crippen molar-refractivity contribution in [2.24, 2.45) is 17.8 Å². The van der Waals surface area contributed by atoms with E-state index in [0.29, 0.717) is 0 Å². The maximum atomic E-state index is 4.00. The van der Waals surface area contributed by atoms with Crippen LogP contribution in [0.15, 0.2) is 47.1 Å². The van der Waals surface area contributed by atoms with Crippen LogP contribution >= 0.6 is 0 Å². The second-order valence-corrected chi connectivity index (χ2v) is 10.5. The molecule has 0 nitrogen and oxygen atoms in total. The lowest BCUT2D eigenvalue weighted by Gasteiger charge is -2.26. The normalized spacial score (nSPS) is 18.3. The fraction of sp³-hybridized carbons (Fsp3) is 0.765. The minimum Gasteiger partial charge on any atom is -0.100 e. The molecule has 0 aromatic heterocycles. The lowest BCUT2D eigenvalue weighted by Crippen LogP contribution is -2.12. The number of hydrogen-bond donors (Lipinski definition) is 0. The molecule has 1 aliphatic carbocycles. The van der Waals surface area contributed by atoms with Gasteiger partial charge in [-0.15, -0.1) is 6.58 Å². The van der Waals surface area contributed by atoms with Gasteiger partial charge in [0, 0.05) is 0 Å². The Bertz CT molecular complexity index is 535. The van der Waals surface area contributed by atoms with Gasteiger partial charge in [-0.05, 0) is 94.8 Å². The summed E-state index contributed by atoms with van der Waals surface area (Å²) in [7, 11) is 0. The molecule has 0 saturated heterocycles. The number of rotatable bonds is 10. The van der Waals surface area contributed by atoms with Gasteiger partial charge < -0.3 is 0 Å². The fourth-order valence-electron chi connectivity index (χ4n) is 4.08. The molecule has 0 spiro atoms. The maximum absolute atomic E-state index is 4.00. The van der Waals surface area contributed by atoms with Gasteiger partial charge in [0.2, 0.25) is 0 Å². The number of hydrogen-bond acceptors (Lipinski definition) is 0. The summed E-state index contributed by atoms with van der Waals surface area (Å²) >= 11 is 0. The highest BCUT2D eigenvalue weighted by molar-refractivity contribution is 5.40. The van der Waals surface area contributed by atoms with E-state index in [1.165, 1.54) is 98.5 Å². The fourth-order valence-corrected chi connectivity index (χ4v) is 4.08. The van der Waals surface area contributed by atoms with Crippen LogP contribution in [0.4, 0.5) is 0 Å². The van der Waals surface area contributed by atoms with Crippen molar-refractivity contribution in [3.8, 4) is 0 Å². The Morgan fingerprint density at radius 1 is 0.794 bits per heavy atom. The van der Waals surface area contributed by atoms with Crippen LogP contribution in [0.25, 0.3) is 0 Å². The molecular weight excluding hydrogens is 408 g/mol. The van der Waals surface area contributed by atoms with E-state index in [4.69, 9.17) is 0 Å². The Kier molecular flexibility index (Phi) is 27.7. The van der Waals surface area contributed by atoms with Gasteiger partial charge in [0.1, 0.15) is 0 Å². The molecule has 1 saturated carbocycles. The van der Waals surface area contributed by atoms with Crippen LogP contribution in [0.1, 0.15) is 154 Å². The predicted molar refractivity (Wildman–Crippen MR) is 163 cm³/mol. The summed E-state index contributed by atoms with van der Waals surface area (Å²) in [5.74, 6) is 2.92. The molecule has 0 heteroatoms. The Morgan fingerprint density at radius 2 is 1.24 bits per heavy atom. The zero-order chi connectivity index (χ0) is 27.1. The van der Waals surface area contributed by atoms with Gasteiger partial charge in [0.05, 0.1) is 0 Å². The van der Waals surface area contributed by atoms with Crippen LogP contribution in [0.2, 0.25) is 0 Å². The molecule has 0 unspecified atom stereocenters. The highest BCUT2D eigenvalue weighted by atomic mass is 14.2. The lowest BCUT2D eigenvalue weighted by molar-refractivity contribution is 0.264. The van der Waals surface area contributed by atoms with Gasteiger partial charge in [-0.3, -0.25) is 0 Å². The van der Waals surface area contributed by atoms with Crippen LogP contribution in [0.3, 0.4) is 0 Å². The van der Waals surface area contributed by atoms with E-state index in [9.17, 15) is 0 Å². The monoisotopic (exact) mass is 475 g/mol. The summed E-state index contributed by atoms with van der Waals surface area (Å²) in [6.07, 6.45) is 17.3. The Hall–Kier alpha value is -1.04. The lowest BCUT2D eigenvalue weighted by atomic mass is 9.80. The molecule has 0 N–H and O–H groups in total. The van der Waals surface area contributed by atoms with E-state index < -0.39 is 0 Å². The van der Waals surface area contributed by atoms with Gasteiger partial charge in [0.25, 0.3) is 0 Å². The van der Waals surface area contributed by atoms with Gasteiger partial charge in [0.15, 0.2) is 0 Å². The first-order chi connectivity index (χ1) is 16.0. The molecule has 0 atom stereocenters. The van der Waals surface area contributed by atoms with Crippen molar-refractivity contribution in [3.63, 3.8) is 0 Å². The number of allylic oxidation sites excluding steroid dienone is 6. The van der Waals surface area contributed by atoms with Crippen molar-refractivity contribution >= 4 is 0 Å². The quantitative estimate of drug-likeness (QED) is 0.218. The Morgan fingerprint density at radius 3 is 1.47 bits per heavy atom. The van der Waals surface area contributed by atoms with E-state index >= 15 is 0 Å². The van der Waals surface area contributed by atoms with E-state index in [1.54, 1.807) is 0 Å². The summed E-state index contributed by atoms with van der Waals surface area (Å²) in [5, 5.41) is 0. The summed E-state index contributed by atoms with van der Waals surface area (Å²) in [5.41, 5.74) is 6.71. The molecule has 1 aliphatic rings. The van der Waals surface area contributed by atoms with Crippen LogP contribution < -0.4 is 0 Å². The smallest absolute Gasteiger partial charge is 0.0277 e. The zero-order valence-corrected chi connectivity index (χ0v) is 26.0. The van der Waals surface area contributed by atoms with Gasteiger partial charge in [-0.2, -0.15) is 0 Å². The number of unbranched alkanes of at least 4 members (excludes halogenated alkanes) is 1. The van der Waals surface area contributed by atoms with Crippen molar-refractivity contribution in [1.82, 2.24) is 0 Å². The first-order valence-electron chi connectivity index (χ1n) is 14.7. The van der Waals surface area contributed by atoms with Crippen molar-refractivity contribution in [2.75, 3.05) is 0 Å². The van der Waals surface area contributed by atoms with E-state index in [0.717, 1.165) is 17.8 Å². The summed E-state index contributed by atoms with van der Waals surface area (Å²) < 4.78 is 0. The molecule has 0 amide bonds. The molecule has 0 aromatic rings. The second kappa shape index (κ2) is 25.1. The Balaban J connectivity index is -0.000000436. The molecule has 202 valence electrons. The highest BCUT2D eigenvalue weighted by Crippen LogP contribution is 2.31. The van der Waals surface area contributed by atoms with Crippen molar-refractivity contribution in [2.45, 2.75) is 154 Å². The maximum Gasteiger partial charge on any atom is -0.0277 e. The molecule has 1 fully saturated rings. The topological polar surface area (TPSA) is 0 Å². The molecule has 1 rings (SSSR count). The largest absolute Gasteiger partial charge is 0.100 e. The molecule has 0 radical (unpaired) electrons. The summed E-state index contributed by atoms with van der Waals surface area (Å²) in [4.78, 5) is 0. The Labute approximate surface area is 218 Å². The van der Waals surface area contributed by atoms with E-state index in [-0.39, 0.29) is 0 Å². The van der Waals surface area contributed by atoms with Crippen molar-refractivity contribution in [3.05, 3.63) is 47.1 Å². The minimum absolute atomic E-state index is 0.776. The predicted octanol–water partition coefficient (Wildman–Crippen LogP) is 12.7. The average Bonchev–Trinajstić information content (AvgIpc) is 2.84. The first-order valence-corrected chi connectivity index (χ1v) is 14.7. The van der Waals surface area contributed by atoms with Gasteiger partial charge in [-0.1, -0.05) is 117 Å². The standard InChI is InChI=1S/C15H26.C10H20.C7H14.C2H6/c1-8-15(10-9-11(2)3)14(7)13(6)12(4)5;1-3-9-5-7-10(4-2)8-6-9;1-4-5-6-7(2)3;1-2/h8,11H,4,9-10H2,1-3,5-7H3;9-10H,3-8H2,1-2H3;2,4-6H2,1,3H3;1-2H3/b14-13-,15-8-;;;. The van der Waals surface area contributed by atoms with E-state index in [1.807, 2.05) is 13.8 Å². The van der Waals surface area contributed by atoms with E-state index in [2.05, 4.69) is 88.5 Å². The van der Waals surface area contributed by atoms with Gasteiger partial charge >= 0.3 is 0 Å². The molecule has 0 bridgehead atoms.